The van der Waals surface area contributed by atoms with Gasteiger partial charge in [-0.25, -0.2) is 14.2 Å². The minimum absolute atomic E-state index is 0.0438. The average Bonchev–Trinajstić information content (AvgIpc) is 1.53. The molecule has 5 aliphatic heterocycles. The molecular formula is C101H124N16O19S3. The monoisotopic (exact) mass is 1960 g/mol. The van der Waals surface area contributed by atoms with Gasteiger partial charge in [0.05, 0.1) is 61.1 Å². The number of rotatable bonds is 19. The van der Waals surface area contributed by atoms with Crippen LogP contribution in [0.3, 0.4) is 0 Å². The van der Waals surface area contributed by atoms with E-state index in [0.717, 1.165) is 179 Å². The zero-order valence-electron chi connectivity index (χ0n) is 81.0. The van der Waals surface area contributed by atoms with Crippen LogP contribution in [0.25, 0.3) is 66.5 Å². The van der Waals surface area contributed by atoms with E-state index in [1.807, 2.05) is 55.6 Å². The van der Waals surface area contributed by atoms with Gasteiger partial charge in [-0.05, 0) is 207 Å². The number of likely N-dealkylation sites (tertiary alicyclic amines) is 1. The Kier molecular flexibility index (Phi) is 26.4. The van der Waals surface area contributed by atoms with Crippen LogP contribution in [-0.2, 0) is 83.8 Å². The van der Waals surface area contributed by atoms with Gasteiger partial charge in [0.15, 0.2) is 0 Å². The third-order valence-electron chi connectivity index (χ3n) is 30.8. The lowest BCUT2D eigenvalue weighted by Crippen LogP contribution is -2.59. The first kappa shape index (κ1) is 97.4. The molecule has 740 valence electrons. The first-order valence-corrected chi connectivity index (χ1v) is 52.3. The van der Waals surface area contributed by atoms with Crippen molar-refractivity contribution in [1.29, 1.82) is 0 Å². The summed E-state index contributed by atoms with van der Waals surface area (Å²) in [6.45, 7) is 4.37. The van der Waals surface area contributed by atoms with Crippen molar-refractivity contribution in [1.82, 2.24) is 76.3 Å². The number of carbonyl (C=O) groups is 9. The van der Waals surface area contributed by atoms with Crippen LogP contribution >= 0.6 is 0 Å². The lowest BCUT2D eigenvalue weighted by atomic mass is 9.81. The van der Waals surface area contributed by atoms with E-state index in [0.29, 0.717) is 107 Å². The quantitative estimate of drug-likeness (QED) is 0.0410. The number of nitrogens with zero attached hydrogens (tertiary/aromatic N) is 10. The number of fused-ring (bicyclic) bond motifs is 21. The molecule has 6 aromatic carbocycles. The van der Waals surface area contributed by atoms with Crippen molar-refractivity contribution in [3.8, 4) is 51.0 Å². The standard InChI is InChI=1S/C35H44N6O6S.C34H41N5O7S.C32H39N5O6S/c1-38(2)48(45,46)37-32(42)23-10-12-26-29(18-23)41-21-35(36-33(43)34(44)40-16-14-39(3)15-17-40)20-28(35)27-19-24(47-4)11-13-25(27)31(41)30(26)22-8-6-5-7-9-22;1-37(2)47(43,44)36-31(40)21-10-12-25-28(14-21)39-19-34(35-32(41)33(42)38-17-23(18-38)46-4)16-27(34)26-15-22(45-3)11-13-24(26)30(39)29(25)20-8-6-5-7-9-20;1-35(2)31(40)30(39)33-32-17-25(32)24-16-21(43-5)12-14-22(24)28-27(19-9-7-6-8-10-19)23-13-11-20(15-26(23)37(28)18-32)29(38)34-44(41,42)36(3)4/h10-13,18-19,22,28H,5-9,14-17,20-21H2,1-4H3,(H,36,43)(H,37,42);10-15,20,23,27H,5-9,16-19H2,1-4H3,(H,35,41)(H,36,40);11-16,19,25H,6-10,17-18H2,1-5H3,(H,33,39)(H,34,38)/t;;25?,32-/m..1/s1. The molecular weight excluding hydrogens is 1840 g/mol. The van der Waals surface area contributed by atoms with E-state index in [4.69, 9.17) is 18.9 Å². The van der Waals surface area contributed by atoms with Crippen LogP contribution < -0.4 is 44.3 Å². The highest BCUT2D eigenvalue weighted by molar-refractivity contribution is 7.88. The summed E-state index contributed by atoms with van der Waals surface area (Å²) in [4.78, 5) is 126. The van der Waals surface area contributed by atoms with Gasteiger partial charge >= 0.3 is 66.1 Å². The summed E-state index contributed by atoms with van der Waals surface area (Å²) in [6.07, 6.45) is 18.5. The van der Waals surface area contributed by atoms with Gasteiger partial charge in [-0.1, -0.05) is 76.0 Å². The second kappa shape index (κ2) is 37.7. The number of aromatic nitrogens is 3. The molecule has 8 heterocycles. The first-order valence-electron chi connectivity index (χ1n) is 48.0. The molecule has 0 bridgehead atoms. The number of amides is 9. The number of hydrogen-bond acceptors (Lipinski definition) is 20. The Bertz CT molecular complexity index is 6870. The Hall–Kier alpha value is -11.8. The van der Waals surface area contributed by atoms with Crippen molar-refractivity contribution >= 4 is 117 Å². The molecule has 139 heavy (non-hydrogen) atoms. The van der Waals surface area contributed by atoms with Crippen molar-refractivity contribution < 1.29 is 87.4 Å². The third kappa shape index (κ3) is 18.3. The van der Waals surface area contributed by atoms with Crippen LogP contribution in [0.4, 0.5) is 0 Å². The van der Waals surface area contributed by atoms with Gasteiger partial charge in [-0.3, -0.25) is 43.2 Å². The number of piperazine rings is 1. The van der Waals surface area contributed by atoms with Crippen molar-refractivity contribution in [2.45, 2.75) is 193 Å². The van der Waals surface area contributed by atoms with Crippen molar-refractivity contribution in [2.75, 3.05) is 131 Å². The fraction of sp³-hybridized carbons (Fsp3) is 0.495. The largest absolute Gasteiger partial charge is 0.497 e. The van der Waals surface area contributed by atoms with E-state index in [2.05, 4.69) is 73.0 Å². The molecule has 0 radical (unpaired) electrons. The minimum Gasteiger partial charge on any atom is -0.497 e. The van der Waals surface area contributed by atoms with E-state index in [1.54, 1.807) is 83.8 Å². The first-order chi connectivity index (χ1) is 66.2. The molecule has 6 saturated carbocycles. The molecule has 9 amide bonds. The van der Waals surface area contributed by atoms with Gasteiger partial charge in [0.25, 0.3) is 17.7 Å². The van der Waals surface area contributed by atoms with Crippen molar-refractivity contribution in [2.24, 2.45) is 0 Å². The molecule has 2 saturated heterocycles. The molecule has 8 fully saturated rings. The van der Waals surface area contributed by atoms with E-state index < -0.39 is 100 Å². The third-order valence-corrected chi connectivity index (χ3v) is 35.0. The predicted octanol–water partition coefficient (Wildman–Crippen LogP) is 9.49. The highest BCUT2D eigenvalue weighted by Crippen LogP contribution is 2.64. The summed E-state index contributed by atoms with van der Waals surface area (Å²) in [5.41, 5.74) is 13.9. The van der Waals surface area contributed by atoms with Crippen LogP contribution in [0.5, 0.6) is 17.2 Å². The summed E-state index contributed by atoms with van der Waals surface area (Å²) in [5.74, 6) is -2.88. The molecule has 6 N–H and O–H groups in total. The van der Waals surface area contributed by atoms with Gasteiger partial charge < -0.3 is 68.2 Å². The number of benzene rings is 6. The summed E-state index contributed by atoms with van der Waals surface area (Å²) in [5, 5.41) is 12.5. The second-order valence-corrected chi connectivity index (χ2v) is 45.9. The number of likely N-dealkylation sites (N-methyl/N-ethyl adjacent to an activating group) is 2. The van der Waals surface area contributed by atoms with Crippen molar-refractivity contribution in [3.05, 3.63) is 159 Å². The van der Waals surface area contributed by atoms with Crippen LogP contribution in [0.2, 0.25) is 0 Å². The lowest BCUT2D eigenvalue weighted by molar-refractivity contribution is -0.154. The molecule has 35 nitrogen and oxygen atoms in total. The zero-order valence-corrected chi connectivity index (χ0v) is 83.4. The highest BCUT2D eigenvalue weighted by Gasteiger charge is 2.63. The van der Waals surface area contributed by atoms with Gasteiger partial charge in [-0.2, -0.15) is 38.2 Å². The fourth-order valence-corrected chi connectivity index (χ4v) is 24.4. The van der Waals surface area contributed by atoms with E-state index in [1.165, 1.54) is 88.0 Å². The van der Waals surface area contributed by atoms with Crippen LogP contribution in [-0.4, -0.2) is 278 Å². The Labute approximate surface area is 810 Å². The lowest BCUT2D eigenvalue weighted by Gasteiger charge is -2.37. The zero-order chi connectivity index (χ0) is 98.8. The Morgan fingerprint density at radius 2 is 0.676 bits per heavy atom. The topological polar surface area (TPSA) is 403 Å². The summed E-state index contributed by atoms with van der Waals surface area (Å²) in [7, 11) is 7.77. The highest BCUT2D eigenvalue weighted by atomic mass is 32.2. The number of nitrogens with one attached hydrogen (secondary N) is 6. The molecule has 11 aliphatic rings. The van der Waals surface area contributed by atoms with Gasteiger partial charge in [0, 0.05) is 206 Å². The smallest absolute Gasteiger partial charge is 0.312 e. The molecule has 38 heteroatoms. The Morgan fingerprint density at radius 3 is 0.964 bits per heavy atom. The molecule has 6 aliphatic carbocycles. The molecule has 0 spiro atoms. The number of carbonyl (C=O) groups excluding carboxylic acids is 9. The fourth-order valence-electron chi connectivity index (χ4n) is 22.8. The molecule has 9 aromatic rings. The summed E-state index contributed by atoms with van der Waals surface area (Å²) in [6, 6.07) is 34.3. The maximum atomic E-state index is 13.7. The summed E-state index contributed by atoms with van der Waals surface area (Å²) >= 11 is 0. The maximum Gasteiger partial charge on any atom is 0.312 e. The maximum absolute atomic E-state index is 13.7. The average molecular weight is 1960 g/mol. The molecule has 5 unspecified atom stereocenters. The number of methoxy groups -OCH3 is 4. The van der Waals surface area contributed by atoms with E-state index >= 15 is 0 Å². The van der Waals surface area contributed by atoms with E-state index in [-0.39, 0.29) is 40.5 Å². The van der Waals surface area contributed by atoms with Crippen LogP contribution in [0.15, 0.2) is 109 Å². The molecule has 20 rings (SSSR count). The molecule has 3 aromatic heterocycles. The Balaban J connectivity index is 0.000000138. The van der Waals surface area contributed by atoms with Gasteiger partial charge in [-0.15, -0.1) is 0 Å². The van der Waals surface area contributed by atoms with Gasteiger partial charge in [0.2, 0.25) is 0 Å². The second-order valence-electron chi connectivity index (χ2n) is 40.2. The number of ether oxygens (including phenoxy) is 4. The van der Waals surface area contributed by atoms with Crippen molar-refractivity contribution in [3.63, 3.8) is 0 Å². The minimum atomic E-state index is -4.00. The van der Waals surface area contributed by atoms with Gasteiger partial charge in [0.1, 0.15) is 17.2 Å². The normalized spacial score (nSPS) is 22.1. The van der Waals surface area contributed by atoms with Crippen LogP contribution in [0, 0.1) is 0 Å². The molecule has 6 atom stereocenters. The predicted molar refractivity (Wildman–Crippen MR) is 524 cm³/mol. The number of hydrogen-bond donors (Lipinski definition) is 6. The van der Waals surface area contributed by atoms with E-state index in [9.17, 15) is 68.4 Å². The Morgan fingerprint density at radius 1 is 0.374 bits per heavy atom. The summed E-state index contributed by atoms with van der Waals surface area (Å²) < 4.78 is 113. The van der Waals surface area contributed by atoms with Crippen LogP contribution in [0.1, 0.15) is 216 Å². The SMILES string of the molecule is COc1ccc2c(c1)C1CC1(NC(=O)C(=O)N1CC(OC)C1)Cn1c-2c(C2CCCCC2)c2ccc(C(=O)NS(=O)(=O)N(C)C)cc21.COc1ccc2c(c1)C1CC1(NC(=O)C(=O)N1CCN(C)CC1)Cn1c-2c(C2CCCCC2)c2ccc(C(=O)NS(=O)(=O)N(C)C)cc21.COc1ccc2c(c1)C1C[C@@]1(NC(=O)C(=O)N(C)C)Cn1c-2c(C2CCCCC2)c2ccc(C(=O)NS(=O)(=O)N(C)C)cc21.